The Morgan fingerprint density at radius 1 is 1.23 bits per heavy atom. The van der Waals surface area contributed by atoms with E-state index in [2.05, 4.69) is 20.1 Å². The number of anilines is 1. The van der Waals surface area contributed by atoms with Gasteiger partial charge in [-0.1, -0.05) is 0 Å². The van der Waals surface area contributed by atoms with Crippen molar-refractivity contribution in [2.45, 2.75) is 26.2 Å². The molecule has 0 bridgehead atoms. The number of halogens is 1. The van der Waals surface area contributed by atoms with Crippen molar-refractivity contribution < 1.29 is 4.39 Å². The van der Waals surface area contributed by atoms with Gasteiger partial charge in [0.15, 0.2) is 11.6 Å². The first kappa shape index (κ1) is 15.7. The summed E-state index contributed by atoms with van der Waals surface area (Å²) in [4.78, 5) is 8.95. The van der Waals surface area contributed by atoms with Crippen LogP contribution in [0.15, 0.2) is 12.3 Å². The van der Waals surface area contributed by atoms with Crippen LogP contribution in [0, 0.1) is 18.7 Å². The van der Waals surface area contributed by atoms with Crippen molar-refractivity contribution in [1.82, 2.24) is 15.2 Å². The maximum Gasteiger partial charge on any atom is 0.165 e. The smallest absolute Gasteiger partial charge is 0.165 e. The molecule has 0 aromatic carbocycles. The molecule has 2 aliphatic heterocycles. The molecule has 0 spiro atoms. The first-order valence-corrected chi connectivity index (χ1v) is 8.52. The van der Waals surface area contributed by atoms with Gasteiger partial charge in [-0.3, -0.25) is 0 Å². The summed E-state index contributed by atoms with van der Waals surface area (Å²) in [5, 5.41) is 3.40. The summed E-state index contributed by atoms with van der Waals surface area (Å²) in [6.07, 6.45) is 5.34. The second-order valence-corrected chi connectivity index (χ2v) is 6.63. The average molecular weight is 306 g/mol. The number of piperidine rings is 1. The highest BCUT2D eigenvalue weighted by atomic mass is 19.1. The normalized spacial score (nSPS) is 21.3. The van der Waals surface area contributed by atoms with E-state index in [9.17, 15) is 4.39 Å². The maximum atomic E-state index is 14.0. The fraction of sp³-hybridized carbons (Fsp3) is 0.706. The van der Waals surface area contributed by atoms with Crippen LogP contribution in [0.2, 0.25) is 0 Å². The summed E-state index contributed by atoms with van der Waals surface area (Å²) >= 11 is 0. The van der Waals surface area contributed by atoms with Crippen LogP contribution in [-0.4, -0.2) is 55.7 Å². The minimum Gasteiger partial charge on any atom is -0.354 e. The predicted molar refractivity (Wildman–Crippen MR) is 87.8 cm³/mol. The van der Waals surface area contributed by atoms with E-state index in [1.807, 2.05) is 6.92 Å². The Kier molecular flexibility index (Phi) is 5.26. The molecule has 2 saturated heterocycles. The van der Waals surface area contributed by atoms with Crippen molar-refractivity contribution >= 4 is 5.82 Å². The monoisotopic (exact) mass is 306 g/mol. The molecular formula is C17H27FN4. The zero-order chi connectivity index (χ0) is 15.4. The summed E-state index contributed by atoms with van der Waals surface area (Å²) in [5.74, 6) is 1.13. The van der Waals surface area contributed by atoms with Crippen LogP contribution in [0.5, 0.6) is 0 Å². The van der Waals surface area contributed by atoms with E-state index >= 15 is 0 Å². The third-order valence-electron chi connectivity index (χ3n) is 4.94. The van der Waals surface area contributed by atoms with Gasteiger partial charge in [0.2, 0.25) is 0 Å². The Morgan fingerprint density at radius 3 is 2.64 bits per heavy atom. The lowest BCUT2D eigenvalue weighted by Crippen LogP contribution is -2.44. The lowest BCUT2D eigenvalue weighted by atomic mass is 9.93. The third-order valence-corrected chi connectivity index (χ3v) is 4.94. The molecule has 5 heteroatoms. The first-order chi connectivity index (χ1) is 10.7. The van der Waals surface area contributed by atoms with E-state index in [4.69, 9.17) is 0 Å². The number of aromatic nitrogens is 1. The van der Waals surface area contributed by atoms with Crippen LogP contribution in [0.3, 0.4) is 0 Å². The molecule has 1 aromatic heterocycles. The lowest BCUT2D eigenvalue weighted by molar-refractivity contribution is 0.215. The van der Waals surface area contributed by atoms with Gasteiger partial charge in [0.05, 0.1) is 0 Å². The maximum absolute atomic E-state index is 14.0. The van der Waals surface area contributed by atoms with Gasteiger partial charge in [-0.25, -0.2) is 9.37 Å². The highest BCUT2D eigenvalue weighted by Crippen LogP contribution is 2.26. The van der Waals surface area contributed by atoms with E-state index in [0.717, 1.165) is 50.5 Å². The molecule has 22 heavy (non-hydrogen) atoms. The quantitative estimate of drug-likeness (QED) is 0.922. The molecule has 0 saturated carbocycles. The molecule has 0 amide bonds. The van der Waals surface area contributed by atoms with Crippen molar-refractivity contribution in [2.75, 3.05) is 50.7 Å². The highest BCUT2D eigenvalue weighted by Gasteiger charge is 2.23. The first-order valence-electron chi connectivity index (χ1n) is 8.52. The molecule has 0 unspecified atom stereocenters. The van der Waals surface area contributed by atoms with Crippen LogP contribution in [0.25, 0.3) is 0 Å². The fourth-order valence-electron chi connectivity index (χ4n) is 3.49. The van der Waals surface area contributed by atoms with E-state index in [0.29, 0.717) is 5.82 Å². The van der Waals surface area contributed by atoms with Gasteiger partial charge in [-0.15, -0.1) is 0 Å². The SMILES string of the molecule is Cc1cnc(N2CCC(CCN3CCNCC3)CC2)c(F)c1. The van der Waals surface area contributed by atoms with Crippen LogP contribution >= 0.6 is 0 Å². The van der Waals surface area contributed by atoms with Crippen LogP contribution in [-0.2, 0) is 0 Å². The van der Waals surface area contributed by atoms with Crippen molar-refractivity contribution in [3.8, 4) is 0 Å². The summed E-state index contributed by atoms with van der Waals surface area (Å²) < 4.78 is 14.0. The van der Waals surface area contributed by atoms with Gasteiger partial charge in [0.25, 0.3) is 0 Å². The van der Waals surface area contributed by atoms with Crippen LogP contribution in [0.4, 0.5) is 10.2 Å². The number of piperazine rings is 1. The average Bonchev–Trinajstić information content (AvgIpc) is 2.55. The number of pyridine rings is 1. The molecule has 3 rings (SSSR count). The predicted octanol–water partition coefficient (Wildman–Crippen LogP) is 2.04. The zero-order valence-corrected chi connectivity index (χ0v) is 13.5. The Morgan fingerprint density at radius 2 is 1.95 bits per heavy atom. The third kappa shape index (κ3) is 3.96. The number of nitrogens with one attached hydrogen (secondary N) is 1. The Bertz CT molecular complexity index is 480. The topological polar surface area (TPSA) is 31.4 Å². The second-order valence-electron chi connectivity index (χ2n) is 6.63. The van der Waals surface area contributed by atoms with Crippen molar-refractivity contribution in [3.63, 3.8) is 0 Å². The van der Waals surface area contributed by atoms with Crippen LogP contribution < -0.4 is 10.2 Å². The molecule has 2 aliphatic rings. The molecule has 2 fully saturated rings. The number of rotatable bonds is 4. The van der Waals surface area contributed by atoms with E-state index < -0.39 is 0 Å². The van der Waals surface area contributed by atoms with Crippen molar-refractivity contribution in [3.05, 3.63) is 23.6 Å². The summed E-state index contributed by atoms with van der Waals surface area (Å²) in [7, 11) is 0. The highest BCUT2D eigenvalue weighted by molar-refractivity contribution is 5.41. The summed E-state index contributed by atoms with van der Waals surface area (Å²) in [5.41, 5.74) is 0.882. The Hall–Kier alpha value is -1.20. The Labute approximate surface area is 132 Å². The number of nitrogens with zero attached hydrogens (tertiary/aromatic N) is 3. The molecule has 0 radical (unpaired) electrons. The van der Waals surface area contributed by atoms with Gasteiger partial charge in [0, 0.05) is 45.5 Å². The minimum absolute atomic E-state index is 0.181. The van der Waals surface area contributed by atoms with Gasteiger partial charge in [0.1, 0.15) is 0 Å². The molecule has 0 aliphatic carbocycles. The molecule has 0 atom stereocenters. The van der Waals surface area contributed by atoms with E-state index in [1.165, 1.54) is 26.1 Å². The number of aryl methyl sites for hydroxylation is 1. The van der Waals surface area contributed by atoms with Gasteiger partial charge in [-0.2, -0.15) is 0 Å². The largest absolute Gasteiger partial charge is 0.354 e. The summed E-state index contributed by atoms with van der Waals surface area (Å²) in [6, 6.07) is 1.58. The molecule has 122 valence electrons. The fourth-order valence-corrected chi connectivity index (χ4v) is 3.49. The second kappa shape index (κ2) is 7.38. The minimum atomic E-state index is -0.181. The molecule has 1 N–H and O–H groups in total. The molecule has 1 aromatic rings. The molecular weight excluding hydrogens is 279 g/mol. The number of hydrogen-bond acceptors (Lipinski definition) is 4. The van der Waals surface area contributed by atoms with Crippen molar-refractivity contribution in [2.24, 2.45) is 5.92 Å². The molecule has 4 nitrogen and oxygen atoms in total. The Balaban J connectivity index is 1.45. The molecule has 3 heterocycles. The van der Waals surface area contributed by atoms with Crippen LogP contribution in [0.1, 0.15) is 24.8 Å². The van der Waals surface area contributed by atoms with Gasteiger partial charge < -0.3 is 15.1 Å². The lowest BCUT2D eigenvalue weighted by Gasteiger charge is -2.34. The van der Waals surface area contributed by atoms with E-state index in [1.54, 1.807) is 12.3 Å². The van der Waals surface area contributed by atoms with Gasteiger partial charge in [-0.05, 0) is 50.3 Å². The summed E-state index contributed by atoms with van der Waals surface area (Å²) in [6.45, 7) is 9.55. The number of hydrogen-bond donors (Lipinski definition) is 1. The van der Waals surface area contributed by atoms with Gasteiger partial charge >= 0.3 is 0 Å². The standard InChI is InChI=1S/C17H27FN4/c1-14-12-16(18)17(20-13-14)22-8-3-15(4-9-22)2-7-21-10-5-19-6-11-21/h12-13,15,19H,2-11H2,1H3. The zero-order valence-electron chi connectivity index (χ0n) is 13.5. The van der Waals surface area contributed by atoms with Crippen molar-refractivity contribution in [1.29, 1.82) is 0 Å². The van der Waals surface area contributed by atoms with E-state index in [-0.39, 0.29) is 5.82 Å².